The zero-order valence-electron chi connectivity index (χ0n) is 16.1. The fraction of sp³-hybridized carbons (Fsp3) is 0.350. The number of carbonyl (C=O) groups is 1. The van der Waals surface area contributed by atoms with Gasteiger partial charge in [0.2, 0.25) is 0 Å². The number of ether oxygens (including phenoxy) is 1. The summed E-state index contributed by atoms with van der Waals surface area (Å²) in [5.74, 6) is 0. The molecular weight excluding hydrogens is 403 g/mol. The van der Waals surface area contributed by atoms with Crippen LogP contribution in [0.15, 0.2) is 36.4 Å². The highest BCUT2D eigenvalue weighted by Gasteiger charge is 2.32. The number of nitrogens with zero attached hydrogens (tertiary/aromatic N) is 1. The number of halogens is 3. The lowest BCUT2D eigenvalue weighted by molar-refractivity contribution is -0.384. The van der Waals surface area contributed by atoms with Gasteiger partial charge in [-0.15, -0.1) is 0 Å². The zero-order chi connectivity index (χ0) is 21.9. The Kier molecular flexibility index (Phi) is 6.14. The first-order chi connectivity index (χ1) is 14.2. The van der Waals surface area contributed by atoms with Crippen molar-refractivity contribution in [2.24, 2.45) is 0 Å². The molecule has 0 aliphatic heterocycles. The molecule has 30 heavy (non-hydrogen) atoms. The van der Waals surface area contributed by atoms with Gasteiger partial charge >= 0.3 is 12.3 Å². The third-order valence-corrected chi connectivity index (χ3v) is 4.86. The minimum Gasteiger partial charge on any atom is -0.450 e. The van der Waals surface area contributed by atoms with E-state index in [-0.39, 0.29) is 24.0 Å². The molecule has 2 aromatic rings. The molecule has 0 fully saturated rings. The van der Waals surface area contributed by atoms with Crippen LogP contribution in [0, 0.1) is 10.1 Å². The molecule has 1 aliphatic rings. The number of benzene rings is 2. The third kappa shape index (κ3) is 4.64. The first-order valence-electron chi connectivity index (χ1n) is 9.38. The molecular formula is C20H20F3N3O4. The summed E-state index contributed by atoms with van der Waals surface area (Å²) in [6, 6.07) is 7.47. The van der Waals surface area contributed by atoms with Crippen LogP contribution in [0.5, 0.6) is 0 Å². The summed E-state index contributed by atoms with van der Waals surface area (Å²) < 4.78 is 43.0. The van der Waals surface area contributed by atoms with E-state index in [1.807, 2.05) is 0 Å². The average Bonchev–Trinajstić information content (AvgIpc) is 2.67. The summed E-state index contributed by atoms with van der Waals surface area (Å²) in [6.07, 6.45) is -3.44. The van der Waals surface area contributed by atoms with Gasteiger partial charge in [0.25, 0.3) is 5.69 Å². The van der Waals surface area contributed by atoms with Crippen molar-refractivity contribution in [1.29, 1.82) is 0 Å². The van der Waals surface area contributed by atoms with E-state index in [0.29, 0.717) is 36.1 Å². The van der Waals surface area contributed by atoms with Crippen molar-refractivity contribution in [3.63, 3.8) is 0 Å². The van der Waals surface area contributed by atoms with Gasteiger partial charge in [0.1, 0.15) is 5.69 Å². The Labute approximate surface area is 170 Å². The first kappa shape index (κ1) is 21.4. The average molecular weight is 423 g/mol. The number of carbonyl (C=O) groups excluding carboxylic acids is 1. The van der Waals surface area contributed by atoms with Crippen molar-refractivity contribution in [3.8, 4) is 0 Å². The van der Waals surface area contributed by atoms with Gasteiger partial charge < -0.3 is 10.1 Å². The van der Waals surface area contributed by atoms with Gasteiger partial charge in [0.05, 0.1) is 23.1 Å². The van der Waals surface area contributed by atoms with Gasteiger partial charge in [-0.1, -0.05) is 6.07 Å². The van der Waals surface area contributed by atoms with Crippen LogP contribution in [-0.4, -0.2) is 17.6 Å². The predicted molar refractivity (Wildman–Crippen MR) is 104 cm³/mol. The Bertz CT molecular complexity index is 946. The van der Waals surface area contributed by atoms with Crippen molar-refractivity contribution < 1.29 is 27.6 Å². The summed E-state index contributed by atoms with van der Waals surface area (Å²) in [7, 11) is 0. The van der Waals surface area contributed by atoms with Crippen LogP contribution in [0.25, 0.3) is 0 Å². The van der Waals surface area contributed by atoms with Crippen molar-refractivity contribution in [1.82, 2.24) is 0 Å². The minimum atomic E-state index is -4.42. The SMILES string of the molecule is CCOC(=O)Nc1ccc2c(c1[N+](=O)[O-])CCCC2Nc1ccc(C(F)(F)F)cc1. The molecule has 1 aliphatic carbocycles. The lowest BCUT2D eigenvalue weighted by atomic mass is 9.86. The topological polar surface area (TPSA) is 93.5 Å². The van der Waals surface area contributed by atoms with Crippen LogP contribution in [0.2, 0.25) is 0 Å². The minimum absolute atomic E-state index is 0.0485. The molecule has 1 unspecified atom stereocenters. The number of hydrogen-bond acceptors (Lipinski definition) is 5. The van der Waals surface area contributed by atoms with Gasteiger partial charge in [0, 0.05) is 11.3 Å². The number of alkyl halides is 3. The van der Waals surface area contributed by atoms with E-state index < -0.39 is 22.8 Å². The van der Waals surface area contributed by atoms with E-state index in [0.717, 1.165) is 12.1 Å². The molecule has 0 radical (unpaired) electrons. The summed E-state index contributed by atoms with van der Waals surface area (Å²) in [6.45, 7) is 1.75. The molecule has 160 valence electrons. The van der Waals surface area contributed by atoms with Crippen LogP contribution in [0.3, 0.4) is 0 Å². The maximum atomic E-state index is 12.7. The number of nitro groups is 1. The highest BCUT2D eigenvalue weighted by Crippen LogP contribution is 2.41. The molecule has 1 amide bonds. The predicted octanol–water partition coefficient (Wildman–Crippen LogP) is 5.67. The van der Waals surface area contributed by atoms with Crippen molar-refractivity contribution >= 4 is 23.2 Å². The number of fused-ring (bicyclic) bond motifs is 1. The number of nitrogens with one attached hydrogen (secondary N) is 2. The number of nitro benzene ring substituents is 1. The van der Waals surface area contributed by atoms with Crippen molar-refractivity contribution in [2.75, 3.05) is 17.2 Å². The van der Waals surface area contributed by atoms with E-state index in [4.69, 9.17) is 4.74 Å². The fourth-order valence-corrected chi connectivity index (χ4v) is 3.57. The fourth-order valence-electron chi connectivity index (χ4n) is 3.57. The summed E-state index contributed by atoms with van der Waals surface area (Å²) in [5, 5.41) is 17.3. The summed E-state index contributed by atoms with van der Waals surface area (Å²) >= 11 is 0. The van der Waals surface area contributed by atoms with Crippen LogP contribution < -0.4 is 10.6 Å². The van der Waals surface area contributed by atoms with Gasteiger partial charge in [0.15, 0.2) is 0 Å². The maximum absolute atomic E-state index is 12.7. The largest absolute Gasteiger partial charge is 0.450 e. The van der Waals surface area contributed by atoms with Crippen molar-refractivity contribution in [3.05, 3.63) is 63.2 Å². The molecule has 0 saturated carbocycles. The van der Waals surface area contributed by atoms with Gasteiger partial charge in [-0.25, -0.2) is 4.79 Å². The molecule has 10 heteroatoms. The standard InChI is InChI=1S/C20H20F3N3O4/c1-2-30-19(27)25-17-11-10-14-15(18(17)26(28)29)4-3-5-16(14)24-13-8-6-12(7-9-13)20(21,22)23/h6-11,16,24H,2-5H2,1H3,(H,25,27). The lowest BCUT2D eigenvalue weighted by Crippen LogP contribution is -2.20. The Balaban J connectivity index is 1.89. The second kappa shape index (κ2) is 8.60. The second-order valence-corrected chi connectivity index (χ2v) is 6.80. The van der Waals surface area contributed by atoms with E-state index in [9.17, 15) is 28.1 Å². The quantitative estimate of drug-likeness (QED) is 0.477. The Morgan fingerprint density at radius 1 is 1.23 bits per heavy atom. The lowest BCUT2D eigenvalue weighted by Gasteiger charge is -2.28. The molecule has 0 saturated heterocycles. The van der Waals surface area contributed by atoms with E-state index in [1.54, 1.807) is 13.0 Å². The highest BCUT2D eigenvalue weighted by atomic mass is 19.4. The monoisotopic (exact) mass is 423 g/mol. The molecule has 0 heterocycles. The number of anilines is 2. The molecule has 0 aromatic heterocycles. The number of hydrogen-bond donors (Lipinski definition) is 2. The second-order valence-electron chi connectivity index (χ2n) is 6.80. The molecule has 0 spiro atoms. The Morgan fingerprint density at radius 3 is 2.53 bits per heavy atom. The van der Waals surface area contributed by atoms with Crippen LogP contribution in [0.4, 0.5) is 35.0 Å². The van der Waals surface area contributed by atoms with Gasteiger partial charge in [-0.3, -0.25) is 15.4 Å². The summed E-state index contributed by atoms with van der Waals surface area (Å²) in [4.78, 5) is 22.9. The first-order valence-corrected chi connectivity index (χ1v) is 9.38. The smallest absolute Gasteiger partial charge is 0.416 e. The maximum Gasteiger partial charge on any atom is 0.416 e. The van der Waals surface area contributed by atoms with Crippen LogP contribution >= 0.6 is 0 Å². The molecule has 2 aromatic carbocycles. The van der Waals surface area contributed by atoms with Gasteiger partial charge in [-0.05, 0) is 62.1 Å². The third-order valence-electron chi connectivity index (χ3n) is 4.86. The van der Waals surface area contributed by atoms with E-state index in [2.05, 4.69) is 10.6 Å². The zero-order valence-corrected chi connectivity index (χ0v) is 16.1. The molecule has 7 nitrogen and oxygen atoms in total. The van der Waals surface area contributed by atoms with E-state index in [1.165, 1.54) is 18.2 Å². The summed E-state index contributed by atoms with van der Waals surface area (Å²) in [5.41, 5.74) is 0.763. The number of rotatable bonds is 5. The van der Waals surface area contributed by atoms with Crippen molar-refractivity contribution in [2.45, 2.75) is 38.4 Å². The normalized spacial score (nSPS) is 15.8. The molecule has 0 bridgehead atoms. The van der Waals surface area contributed by atoms with Crippen LogP contribution in [-0.2, 0) is 17.3 Å². The van der Waals surface area contributed by atoms with Gasteiger partial charge in [-0.2, -0.15) is 13.2 Å². The van der Waals surface area contributed by atoms with E-state index >= 15 is 0 Å². The molecule has 2 N–H and O–H groups in total. The highest BCUT2D eigenvalue weighted by molar-refractivity contribution is 5.89. The Morgan fingerprint density at radius 2 is 1.93 bits per heavy atom. The Hall–Kier alpha value is -3.30. The number of amides is 1. The molecule has 1 atom stereocenters. The molecule has 3 rings (SSSR count). The van der Waals surface area contributed by atoms with Crippen LogP contribution in [0.1, 0.15) is 42.5 Å².